The first kappa shape index (κ1) is 14.4. The van der Waals surface area contributed by atoms with Crippen LogP contribution in [0.5, 0.6) is 0 Å². The van der Waals surface area contributed by atoms with Crippen molar-refractivity contribution >= 4 is 0 Å². The number of hydrogen-bond acceptors (Lipinski definition) is 2. The van der Waals surface area contributed by atoms with E-state index in [0.29, 0.717) is 18.4 Å². The summed E-state index contributed by atoms with van der Waals surface area (Å²) in [6.45, 7) is 13.2. The largest absolute Gasteiger partial charge is 0.389 e. The van der Waals surface area contributed by atoms with Crippen LogP contribution in [-0.2, 0) is 0 Å². The average molecular weight is 212 g/mol. The predicted molar refractivity (Wildman–Crippen MR) is 64.7 cm³/mol. The molecule has 0 fully saturated rings. The molecule has 15 heavy (non-hydrogen) atoms. The molecular weight excluding hydrogens is 188 g/mol. The summed E-state index contributed by atoms with van der Waals surface area (Å²) >= 11 is 0. The first-order valence-electron chi connectivity index (χ1n) is 5.55. The van der Waals surface area contributed by atoms with Crippen molar-refractivity contribution in [2.75, 3.05) is 0 Å². The number of aliphatic hydroxyl groups is 2. The summed E-state index contributed by atoms with van der Waals surface area (Å²) in [5.74, 6) is 0. The van der Waals surface area contributed by atoms with E-state index in [-0.39, 0.29) is 0 Å². The molecule has 0 aromatic heterocycles. The van der Waals surface area contributed by atoms with Crippen LogP contribution in [0.15, 0.2) is 24.3 Å². The maximum atomic E-state index is 10.1. The van der Waals surface area contributed by atoms with Crippen molar-refractivity contribution in [1.29, 1.82) is 0 Å². The van der Waals surface area contributed by atoms with Crippen LogP contribution in [0.2, 0.25) is 0 Å². The lowest BCUT2D eigenvalue weighted by Gasteiger charge is -2.28. The number of aliphatic hydroxyl groups excluding tert-OH is 1. The molecule has 0 saturated carbocycles. The second kappa shape index (κ2) is 6.09. The van der Waals surface area contributed by atoms with E-state index in [0.717, 1.165) is 18.4 Å². The van der Waals surface area contributed by atoms with Gasteiger partial charge < -0.3 is 10.2 Å². The van der Waals surface area contributed by atoms with Crippen LogP contribution < -0.4 is 0 Å². The quantitative estimate of drug-likeness (QED) is 0.637. The van der Waals surface area contributed by atoms with Gasteiger partial charge >= 0.3 is 0 Å². The maximum absolute atomic E-state index is 10.1. The van der Waals surface area contributed by atoms with Crippen LogP contribution in [0.3, 0.4) is 0 Å². The molecule has 0 rings (SSSR count). The summed E-state index contributed by atoms with van der Waals surface area (Å²) < 4.78 is 0. The van der Waals surface area contributed by atoms with Crippen LogP contribution in [0.4, 0.5) is 0 Å². The fourth-order valence-electron chi connectivity index (χ4n) is 1.50. The van der Waals surface area contributed by atoms with E-state index in [1.165, 1.54) is 0 Å². The molecule has 0 amide bonds. The molecular formula is C13H24O2. The third kappa shape index (κ3) is 5.14. The molecule has 0 aliphatic heterocycles. The average Bonchev–Trinajstić information content (AvgIpc) is 2.14. The molecule has 0 aliphatic rings. The Kier molecular flexibility index (Phi) is 5.84. The third-order valence-electron chi connectivity index (χ3n) is 2.75. The van der Waals surface area contributed by atoms with E-state index in [2.05, 4.69) is 13.2 Å². The van der Waals surface area contributed by atoms with E-state index in [9.17, 15) is 10.2 Å². The highest BCUT2D eigenvalue weighted by atomic mass is 16.3. The van der Waals surface area contributed by atoms with Gasteiger partial charge in [-0.05, 0) is 45.1 Å². The van der Waals surface area contributed by atoms with Crippen LogP contribution in [-0.4, -0.2) is 21.9 Å². The number of rotatable bonds is 7. The molecule has 2 atom stereocenters. The first-order chi connectivity index (χ1) is 6.81. The Bertz CT molecular complexity index is 229. The summed E-state index contributed by atoms with van der Waals surface area (Å²) in [5.41, 5.74) is 0.671. The highest BCUT2D eigenvalue weighted by Gasteiger charge is 2.27. The Balaban J connectivity index is 4.16. The molecule has 0 spiro atoms. The topological polar surface area (TPSA) is 40.5 Å². The number of allylic oxidation sites excluding steroid dienone is 1. The molecule has 0 bridgehead atoms. The van der Waals surface area contributed by atoms with E-state index in [1.54, 1.807) is 6.92 Å². The second-order valence-corrected chi connectivity index (χ2v) is 4.53. The summed E-state index contributed by atoms with van der Waals surface area (Å²) in [7, 11) is 0. The number of hydrogen-bond donors (Lipinski definition) is 2. The van der Waals surface area contributed by atoms with Gasteiger partial charge in [0.15, 0.2) is 0 Å². The molecule has 2 nitrogen and oxygen atoms in total. The van der Waals surface area contributed by atoms with E-state index in [1.807, 2.05) is 13.8 Å². The van der Waals surface area contributed by atoms with Crippen molar-refractivity contribution in [2.24, 2.45) is 0 Å². The zero-order chi connectivity index (χ0) is 12.1. The lowest BCUT2D eigenvalue weighted by Crippen LogP contribution is -2.32. The Morgan fingerprint density at radius 1 is 1.40 bits per heavy atom. The standard InChI is InChI=1S/C13H24O2/c1-6-12(14)11(4)13(5,15)9-7-8-10(2)3/h12,14-15H,2,4,6-9H2,1,3,5H3/t12?,13-/m1/s1. The summed E-state index contributed by atoms with van der Waals surface area (Å²) in [6, 6.07) is 0. The molecule has 0 aliphatic carbocycles. The highest BCUT2D eigenvalue weighted by Crippen LogP contribution is 2.26. The normalized spacial score (nSPS) is 16.9. The Hall–Kier alpha value is -0.600. The lowest BCUT2D eigenvalue weighted by molar-refractivity contribution is 0.0549. The summed E-state index contributed by atoms with van der Waals surface area (Å²) in [5, 5.41) is 19.7. The van der Waals surface area contributed by atoms with E-state index < -0.39 is 11.7 Å². The van der Waals surface area contributed by atoms with Crippen molar-refractivity contribution in [3.8, 4) is 0 Å². The molecule has 0 radical (unpaired) electrons. The van der Waals surface area contributed by atoms with Gasteiger partial charge in [-0.25, -0.2) is 0 Å². The molecule has 0 aromatic carbocycles. The zero-order valence-corrected chi connectivity index (χ0v) is 10.2. The monoisotopic (exact) mass is 212 g/mol. The summed E-state index contributed by atoms with van der Waals surface area (Å²) in [4.78, 5) is 0. The van der Waals surface area contributed by atoms with Gasteiger partial charge in [-0.15, -0.1) is 6.58 Å². The van der Waals surface area contributed by atoms with Crippen molar-refractivity contribution in [2.45, 2.75) is 58.2 Å². The van der Waals surface area contributed by atoms with Gasteiger partial charge in [0.1, 0.15) is 0 Å². The fourth-order valence-corrected chi connectivity index (χ4v) is 1.50. The molecule has 2 heteroatoms. The van der Waals surface area contributed by atoms with Gasteiger partial charge in [-0.3, -0.25) is 0 Å². The minimum Gasteiger partial charge on any atom is -0.389 e. The fraction of sp³-hybridized carbons (Fsp3) is 0.692. The maximum Gasteiger partial charge on any atom is 0.0851 e. The molecule has 0 heterocycles. The third-order valence-corrected chi connectivity index (χ3v) is 2.75. The molecule has 0 aromatic rings. The van der Waals surface area contributed by atoms with E-state index >= 15 is 0 Å². The van der Waals surface area contributed by atoms with Crippen molar-refractivity contribution in [1.82, 2.24) is 0 Å². The lowest BCUT2D eigenvalue weighted by atomic mass is 9.86. The minimum atomic E-state index is -0.967. The Morgan fingerprint density at radius 3 is 2.33 bits per heavy atom. The predicted octanol–water partition coefficient (Wildman–Crippen LogP) is 2.81. The van der Waals surface area contributed by atoms with Crippen LogP contribution in [0, 0.1) is 0 Å². The molecule has 2 N–H and O–H groups in total. The molecule has 0 saturated heterocycles. The Morgan fingerprint density at radius 2 is 1.93 bits per heavy atom. The summed E-state index contributed by atoms with van der Waals surface area (Å²) in [6.07, 6.45) is 2.39. The van der Waals surface area contributed by atoms with Gasteiger partial charge in [0.2, 0.25) is 0 Å². The highest BCUT2D eigenvalue weighted by molar-refractivity contribution is 5.15. The first-order valence-corrected chi connectivity index (χ1v) is 5.55. The van der Waals surface area contributed by atoms with Gasteiger partial charge in [-0.1, -0.05) is 19.1 Å². The van der Waals surface area contributed by atoms with Crippen LogP contribution >= 0.6 is 0 Å². The van der Waals surface area contributed by atoms with Crippen molar-refractivity contribution < 1.29 is 10.2 Å². The smallest absolute Gasteiger partial charge is 0.0851 e. The van der Waals surface area contributed by atoms with Gasteiger partial charge in [0, 0.05) is 0 Å². The van der Waals surface area contributed by atoms with E-state index in [4.69, 9.17) is 0 Å². The van der Waals surface area contributed by atoms with Gasteiger partial charge in [0.25, 0.3) is 0 Å². The Labute approximate surface area is 93.3 Å². The van der Waals surface area contributed by atoms with Gasteiger partial charge in [0.05, 0.1) is 11.7 Å². The van der Waals surface area contributed by atoms with Crippen LogP contribution in [0.25, 0.3) is 0 Å². The molecule has 1 unspecified atom stereocenters. The molecule has 88 valence electrons. The zero-order valence-electron chi connectivity index (χ0n) is 10.2. The van der Waals surface area contributed by atoms with Crippen molar-refractivity contribution in [3.63, 3.8) is 0 Å². The van der Waals surface area contributed by atoms with Gasteiger partial charge in [-0.2, -0.15) is 0 Å². The van der Waals surface area contributed by atoms with Crippen molar-refractivity contribution in [3.05, 3.63) is 24.3 Å². The second-order valence-electron chi connectivity index (χ2n) is 4.53. The minimum absolute atomic E-state index is 0.520. The SMILES string of the molecule is C=C(C)CCC[C@@](C)(O)C(=C)C(O)CC. The van der Waals surface area contributed by atoms with Crippen LogP contribution in [0.1, 0.15) is 46.5 Å².